The van der Waals surface area contributed by atoms with Crippen LogP contribution in [0.15, 0.2) is 36.4 Å². The van der Waals surface area contributed by atoms with Crippen LogP contribution in [0.3, 0.4) is 0 Å². The van der Waals surface area contributed by atoms with Gasteiger partial charge in [-0.25, -0.2) is 4.79 Å². The lowest BCUT2D eigenvalue weighted by molar-refractivity contribution is -0.142. The molecule has 0 spiro atoms. The van der Waals surface area contributed by atoms with Gasteiger partial charge < -0.3 is 19.9 Å². The number of aryl methyl sites for hydroxylation is 2. The van der Waals surface area contributed by atoms with E-state index in [4.69, 9.17) is 9.47 Å². The quantitative estimate of drug-likeness (QED) is 0.390. The molecule has 2 rings (SSSR count). The Hall–Kier alpha value is -2.86. The van der Waals surface area contributed by atoms with Gasteiger partial charge in [0.15, 0.2) is 0 Å². The molecule has 3 atom stereocenters. The number of methoxy groups -OCH3 is 1. The number of carbonyl (C=O) groups excluding carboxylic acids is 2. The summed E-state index contributed by atoms with van der Waals surface area (Å²) < 4.78 is 10.9. The normalized spacial score (nSPS) is 14.5. The highest BCUT2D eigenvalue weighted by atomic mass is 16.5. The first-order valence-corrected chi connectivity index (χ1v) is 13.2. The third-order valence-corrected chi connectivity index (χ3v) is 7.51. The summed E-state index contributed by atoms with van der Waals surface area (Å²) in [6, 6.07) is 11.5. The Morgan fingerprint density at radius 2 is 1.49 bits per heavy atom. The predicted octanol–water partition coefficient (Wildman–Crippen LogP) is 5.88. The van der Waals surface area contributed by atoms with Crippen LogP contribution >= 0.6 is 0 Å². The molecule has 0 aliphatic rings. The first kappa shape index (κ1) is 30.4. The van der Waals surface area contributed by atoms with E-state index in [0.717, 1.165) is 35.3 Å². The Labute approximate surface area is 222 Å². The van der Waals surface area contributed by atoms with Crippen LogP contribution in [-0.2, 0) is 14.9 Å². The molecule has 0 saturated carbocycles. The SMILES string of the molecule is CCC(CC)(c1ccc(OC(C)C(O)C(C)(C)C)c(C)c1)c1ccc(C(=O)NC(C)C(=O)OC)c(C)c1. The van der Waals surface area contributed by atoms with Crippen LogP contribution < -0.4 is 10.1 Å². The molecule has 0 radical (unpaired) electrons. The van der Waals surface area contributed by atoms with Gasteiger partial charge in [0.1, 0.15) is 17.9 Å². The second kappa shape index (κ2) is 12.1. The van der Waals surface area contributed by atoms with Crippen LogP contribution in [0, 0.1) is 19.3 Å². The first-order chi connectivity index (χ1) is 17.2. The van der Waals surface area contributed by atoms with Gasteiger partial charge in [-0.05, 0) is 80.3 Å². The van der Waals surface area contributed by atoms with Gasteiger partial charge >= 0.3 is 5.97 Å². The van der Waals surface area contributed by atoms with Crippen molar-refractivity contribution in [3.63, 3.8) is 0 Å². The lowest BCUT2D eigenvalue weighted by atomic mass is 9.70. The van der Waals surface area contributed by atoms with E-state index in [2.05, 4.69) is 37.4 Å². The number of benzene rings is 2. The molecular formula is C31H45NO5. The average Bonchev–Trinajstić information content (AvgIpc) is 2.84. The molecule has 0 heterocycles. The minimum absolute atomic E-state index is 0.237. The molecule has 1 amide bonds. The summed E-state index contributed by atoms with van der Waals surface area (Å²) in [5, 5.41) is 13.3. The molecule has 0 aliphatic heterocycles. The van der Waals surface area contributed by atoms with Gasteiger partial charge in [-0.3, -0.25) is 4.79 Å². The number of esters is 1. The molecule has 37 heavy (non-hydrogen) atoms. The molecule has 204 valence electrons. The van der Waals surface area contributed by atoms with Crippen molar-refractivity contribution in [3.8, 4) is 5.75 Å². The maximum Gasteiger partial charge on any atom is 0.328 e. The van der Waals surface area contributed by atoms with Crippen LogP contribution in [0.4, 0.5) is 0 Å². The maximum atomic E-state index is 12.8. The predicted molar refractivity (Wildman–Crippen MR) is 148 cm³/mol. The molecule has 6 nitrogen and oxygen atoms in total. The third kappa shape index (κ3) is 6.72. The van der Waals surface area contributed by atoms with E-state index in [1.807, 2.05) is 59.7 Å². The van der Waals surface area contributed by atoms with Crippen molar-refractivity contribution in [2.24, 2.45) is 5.41 Å². The second-order valence-corrected chi connectivity index (χ2v) is 11.2. The highest BCUT2D eigenvalue weighted by molar-refractivity contribution is 5.98. The van der Waals surface area contributed by atoms with Gasteiger partial charge in [-0.2, -0.15) is 0 Å². The molecule has 0 saturated heterocycles. The molecule has 0 aromatic heterocycles. The highest BCUT2D eigenvalue weighted by Crippen LogP contribution is 2.41. The minimum Gasteiger partial charge on any atom is -0.488 e. The Morgan fingerprint density at radius 3 is 1.95 bits per heavy atom. The van der Waals surface area contributed by atoms with Gasteiger partial charge in [0.2, 0.25) is 0 Å². The molecule has 6 heteroatoms. The number of amides is 1. The second-order valence-electron chi connectivity index (χ2n) is 11.2. The van der Waals surface area contributed by atoms with E-state index in [0.29, 0.717) is 5.56 Å². The lowest BCUT2D eigenvalue weighted by Crippen LogP contribution is -2.39. The summed E-state index contributed by atoms with van der Waals surface area (Å²) in [5.41, 5.74) is 4.21. The van der Waals surface area contributed by atoms with Crippen LogP contribution in [0.2, 0.25) is 0 Å². The molecule has 2 aromatic rings. The van der Waals surface area contributed by atoms with Gasteiger partial charge in [-0.1, -0.05) is 58.9 Å². The Kier molecular flexibility index (Phi) is 9.95. The molecule has 2 aromatic carbocycles. The minimum atomic E-state index is -0.724. The number of rotatable bonds is 10. The largest absolute Gasteiger partial charge is 0.488 e. The fraction of sp³-hybridized carbons (Fsp3) is 0.548. The number of ether oxygens (including phenoxy) is 2. The Morgan fingerprint density at radius 1 is 0.946 bits per heavy atom. The summed E-state index contributed by atoms with van der Waals surface area (Å²) in [4.78, 5) is 24.5. The van der Waals surface area contributed by atoms with Gasteiger partial charge in [-0.15, -0.1) is 0 Å². The van der Waals surface area contributed by atoms with Crippen molar-refractivity contribution >= 4 is 11.9 Å². The van der Waals surface area contributed by atoms with Crippen LogP contribution in [0.25, 0.3) is 0 Å². The zero-order valence-electron chi connectivity index (χ0n) is 24.2. The Balaban J connectivity index is 2.38. The van der Waals surface area contributed by atoms with Crippen LogP contribution in [-0.4, -0.2) is 42.3 Å². The van der Waals surface area contributed by atoms with Crippen molar-refractivity contribution in [2.45, 2.75) is 98.8 Å². The highest BCUT2D eigenvalue weighted by Gasteiger charge is 2.33. The molecule has 2 N–H and O–H groups in total. The first-order valence-electron chi connectivity index (χ1n) is 13.2. The fourth-order valence-electron chi connectivity index (χ4n) is 5.01. The zero-order chi connectivity index (χ0) is 28.1. The van der Waals surface area contributed by atoms with Crippen molar-refractivity contribution in [3.05, 3.63) is 64.2 Å². The average molecular weight is 512 g/mol. The van der Waals surface area contributed by atoms with Crippen molar-refractivity contribution in [1.29, 1.82) is 0 Å². The number of carbonyl (C=O) groups is 2. The van der Waals surface area contributed by atoms with Gasteiger partial charge in [0.05, 0.1) is 13.2 Å². The van der Waals surface area contributed by atoms with E-state index in [1.165, 1.54) is 12.7 Å². The Bertz CT molecular complexity index is 1100. The van der Waals surface area contributed by atoms with Crippen molar-refractivity contribution in [2.75, 3.05) is 7.11 Å². The van der Waals surface area contributed by atoms with E-state index in [1.54, 1.807) is 6.92 Å². The molecule has 3 unspecified atom stereocenters. The standard InChI is InChI=1S/C31H45NO5/c1-11-31(12-2,23-13-15-25(19(3)17-23)28(34)32-21(5)29(35)36-10)24-14-16-26(20(4)18-24)37-22(6)27(33)30(7,8)9/h13-18,21-22,27,33H,11-12H2,1-10H3,(H,32,34). The third-order valence-electron chi connectivity index (χ3n) is 7.51. The van der Waals surface area contributed by atoms with Crippen molar-refractivity contribution in [1.82, 2.24) is 5.32 Å². The van der Waals surface area contributed by atoms with Gasteiger partial charge in [0, 0.05) is 11.0 Å². The van der Waals surface area contributed by atoms with Crippen molar-refractivity contribution < 1.29 is 24.2 Å². The van der Waals surface area contributed by atoms with E-state index in [9.17, 15) is 14.7 Å². The van der Waals surface area contributed by atoms with Crippen LogP contribution in [0.5, 0.6) is 5.75 Å². The van der Waals surface area contributed by atoms with E-state index in [-0.39, 0.29) is 22.8 Å². The number of hydrogen-bond donors (Lipinski definition) is 2. The van der Waals surface area contributed by atoms with E-state index < -0.39 is 18.1 Å². The van der Waals surface area contributed by atoms with Crippen LogP contribution in [0.1, 0.15) is 93.9 Å². The van der Waals surface area contributed by atoms with E-state index >= 15 is 0 Å². The summed E-state index contributed by atoms with van der Waals surface area (Å²) in [6.07, 6.45) is 0.834. The number of nitrogens with one attached hydrogen (secondary N) is 1. The summed E-state index contributed by atoms with van der Waals surface area (Å²) in [7, 11) is 1.30. The smallest absolute Gasteiger partial charge is 0.328 e. The number of aliphatic hydroxyl groups excluding tert-OH is 1. The summed E-state index contributed by atoms with van der Waals surface area (Å²) in [6.45, 7) is 17.8. The van der Waals surface area contributed by atoms with Gasteiger partial charge in [0.25, 0.3) is 5.91 Å². The maximum absolute atomic E-state index is 12.8. The number of hydrogen-bond acceptors (Lipinski definition) is 5. The zero-order valence-corrected chi connectivity index (χ0v) is 24.2. The number of aliphatic hydroxyl groups is 1. The lowest BCUT2D eigenvalue weighted by Gasteiger charge is -2.35. The monoisotopic (exact) mass is 511 g/mol. The summed E-state index contributed by atoms with van der Waals surface area (Å²) in [5.74, 6) is -0.0169. The fourth-order valence-corrected chi connectivity index (χ4v) is 5.01. The topological polar surface area (TPSA) is 84.9 Å². The molecule has 0 aliphatic carbocycles. The molecular weight excluding hydrogens is 466 g/mol. The molecule has 0 bridgehead atoms. The molecule has 0 fully saturated rings. The summed E-state index contributed by atoms with van der Waals surface area (Å²) >= 11 is 0.